The molecule has 1 aromatic carbocycles. The Bertz CT molecular complexity index is 796. The number of nitrogens with zero attached hydrogens (tertiary/aromatic N) is 4. The van der Waals surface area contributed by atoms with Crippen LogP contribution in [0, 0.1) is 5.82 Å². The Kier molecular flexibility index (Phi) is 4.36. The minimum Gasteiger partial charge on any atom is -0.340 e. The van der Waals surface area contributed by atoms with E-state index in [0.717, 1.165) is 13.0 Å². The van der Waals surface area contributed by atoms with Crippen LogP contribution in [0.4, 0.5) is 4.39 Å². The Balaban J connectivity index is 1.54. The SMILES string of the molecule is CN(Cc1nc2ccc(F)cc2[nH]1)C(=O)CCCn1cccn1. The zero-order valence-corrected chi connectivity index (χ0v) is 12.9. The van der Waals surface area contributed by atoms with E-state index in [4.69, 9.17) is 0 Å². The number of amides is 1. The highest BCUT2D eigenvalue weighted by molar-refractivity contribution is 5.77. The maximum Gasteiger partial charge on any atom is 0.222 e. The molecule has 0 saturated carbocycles. The predicted molar refractivity (Wildman–Crippen MR) is 84.0 cm³/mol. The lowest BCUT2D eigenvalue weighted by molar-refractivity contribution is -0.130. The number of carbonyl (C=O) groups excluding carboxylic acids is 1. The molecule has 0 fully saturated rings. The van der Waals surface area contributed by atoms with Crippen molar-refractivity contribution < 1.29 is 9.18 Å². The smallest absolute Gasteiger partial charge is 0.222 e. The summed E-state index contributed by atoms with van der Waals surface area (Å²) in [6.45, 7) is 1.09. The van der Waals surface area contributed by atoms with Crippen LogP contribution in [0.2, 0.25) is 0 Å². The van der Waals surface area contributed by atoms with E-state index in [2.05, 4.69) is 15.1 Å². The molecule has 23 heavy (non-hydrogen) atoms. The van der Waals surface area contributed by atoms with Crippen LogP contribution in [0.5, 0.6) is 0 Å². The molecule has 0 atom stereocenters. The summed E-state index contributed by atoms with van der Waals surface area (Å²) in [4.78, 5) is 21.2. The summed E-state index contributed by atoms with van der Waals surface area (Å²) in [7, 11) is 1.74. The maximum absolute atomic E-state index is 13.2. The lowest BCUT2D eigenvalue weighted by Gasteiger charge is -2.15. The number of nitrogens with one attached hydrogen (secondary N) is 1. The highest BCUT2D eigenvalue weighted by atomic mass is 19.1. The van der Waals surface area contributed by atoms with Gasteiger partial charge in [-0.1, -0.05) is 0 Å². The number of carbonyl (C=O) groups is 1. The zero-order valence-electron chi connectivity index (χ0n) is 12.9. The van der Waals surface area contributed by atoms with Gasteiger partial charge in [-0.2, -0.15) is 5.10 Å². The number of aryl methyl sites for hydroxylation is 1. The number of fused-ring (bicyclic) bond motifs is 1. The maximum atomic E-state index is 13.2. The monoisotopic (exact) mass is 315 g/mol. The van der Waals surface area contributed by atoms with Gasteiger partial charge in [-0.05, 0) is 30.7 Å². The van der Waals surface area contributed by atoms with Crippen LogP contribution in [0.15, 0.2) is 36.7 Å². The molecule has 0 bridgehead atoms. The van der Waals surface area contributed by atoms with Crippen LogP contribution in [0.1, 0.15) is 18.7 Å². The summed E-state index contributed by atoms with van der Waals surface area (Å²) in [6.07, 6.45) is 4.78. The third kappa shape index (κ3) is 3.74. The van der Waals surface area contributed by atoms with Crippen LogP contribution in [-0.4, -0.2) is 37.6 Å². The van der Waals surface area contributed by atoms with Crippen molar-refractivity contribution in [3.8, 4) is 0 Å². The van der Waals surface area contributed by atoms with Gasteiger partial charge in [0, 0.05) is 32.4 Å². The number of H-pyrrole nitrogens is 1. The highest BCUT2D eigenvalue weighted by Gasteiger charge is 2.12. The van der Waals surface area contributed by atoms with E-state index in [1.165, 1.54) is 12.1 Å². The van der Waals surface area contributed by atoms with Crippen molar-refractivity contribution in [2.45, 2.75) is 25.9 Å². The standard InChI is InChI=1S/C16H18FN5O/c1-21(16(23)4-2-8-22-9-3-7-18-22)11-15-19-13-6-5-12(17)10-14(13)20-15/h3,5-7,9-10H,2,4,8,11H2,1H3,(H,19,20). The normalized spacial score (nSPS) is 11.0. The van der Waals surface area contributed by atoms with Crippen LogP contribution >= 0.6 is 0 Å². The first-order valence-electron chi connectivity index (χ1n) is 7.47. The van der Waals surface area contributed by atoms with E-state index in [1.807, 2.05) is 12.3 Å². The van der Waals surface area contributed by atoms with E-state index >= 15 is 0 Å². The highest BCUT2D eigenvalue weighted by Crippen LogP contribution is 2.14. The van der Waals surface area contributed by atoms with Crippen molar-refractivity contribution in [2.24, 2.45) is 0 Å². The van der Waals surface area contributed by atoms with Crippen molar-refractivity contribution >= 4 is 16.9 Å². The van der Waals surface area contributed by atoms with E-state index in [9.17, 15) is 9.18 Å². The molecule has 0 radical (unpaired) electrons. The topological polar surface area (TPSA) is 66.8 Å². The van der Waals surface area contributed by atoms with Gasteiger partial charge in [-0.25, -0.2) is 9.37 Å². The van der Waals surface area contributed by atoms with Gasteiger partial charge in [-0.15, -0.1) is 0 Å². The van der Waals surface area contributed by atoms with Crippen LogP contribution in [-0.2, 0) is 17.9 Å². The molecular weight excluding hydrogens is 297 g/mol. The summed E-state index contributed by atoms with van der Waals surface area (Å²) in [5.74, 6) is 0.382. The molecule has 0 unspecified atom stereocenters. The van der Waals surface area contributed by atoms with E-state index in [-0.39, 0.29) is 11.7 Å². The minimum atomic E-state index is -0.309. The van der Waals surface area contributed by atoms with Gasteiger partial charge in [0.15, 0.2) is 0 Å². The molecular formula is C16H18FN5O. The molecule has 2 heterocycles. The van der Waals surface area contributed by atoms with Gasteiger partial charge in [0.25, 0.3) is 0 Å². The van der Waals surface area contributed by atoms with Gasteiger partial charge >= 0.3 is 0 Å². The molecule has 2 aromatic heterocycles. The molecule has 3 aromatic rings. The summed E-state index contributed by atoms with van der Waals surface area (Å²) >= 11 is 0. The average molecular weight is 315 g/mol. The van der Waals surface area contributed by atoms with Crippen LogP contribution in [0.25, 0.3) is 11.0 Å². The van der Waals surface area contributed by atoms with Gasteiger partial charge in [0.1, 0.15) is 11.6 Å². The molecule has 1 N–H and O–H groups in total. The first-order valence-corrected chi connectivity index (χ1v) is 7.47. The molecule has 1 amide bonds. The van der Waals surface area contributed by atoms with E-state index in [1.54, 1.807) is 28.9 Å². The summed E-state index contributed by atoms with van der Waals surface area (Å²) in [5.41, 5.74) is 1.33. The number of benzene rings is 1. The Labute approximate surface area is 132 Å². The summed E-state index contributed by atoms with van der Waals surface area (Å²) in [6, 6.07) is 6.25. The summed E-state index contributed by atoms with van der Waals surface area (Å²) in [5, 5.41) is 4.10. The minimum absolute atomic E-state index is 0.0452. The van der Waals surface area contributed by atoms with Gasteiger partial charge in [0.05, 0.1) is 17.6 Å². The molecule has 0 aliphatic rings. The Morgan fingerprint density at radius 2 is 2.30 bits per heavy atom. The number of rotatable bonds is 6. The van der Waals surface area contributed by atoms with Crippen molar-refractivity contribution in [2.75, 3.05) is 7.05 Å². The average Bonchev–Trinajstić information content (AvgIpc) is 3.15. The number of hydrogen-bond acceptors (Lipinski definition) is 3. The largest absolute Gasteiger partial charge is 0.340 e. The van der Waals surface area contributed by atoms with Crippen molar-refractivity contribution in [3.05, 3.63) is 48.3 Å². The molecule has 0 spiro atoms. The lowest BCUT2D eigenvalue weighted by Crippen LogP contribution is -2.26. The van der Waals surface area contributed by atoms with Crippen molar-refractivity contribution in [1.29, 1.82) is 0 Å². The fourth-order valence-corrected chi connectivity index (χ4v) is 2.44. The first-order chi connectivity index (χ1) is 11.1. The fourth-order valence-electron chi connectivity index (χ4n) is 2.44. The number of imidazole rings is 1. The van der Waals surface area contributed by atoms with Gasteiger partial charge < -0.3 is 9.88 Å². The molecule has 3 rings (SSSR count). The number of aromatic amines is 1. The second-order valence-electron chi connectivity index (χ2n) is 5.47. The third-order valence-electron chi connectivity index (χ3n) is 3.64. The van der Waals surface area contributed by atoms with E-state index in [0.29, 0.717) is 29.8 Å². The molecule has 7 heteroatoms. The lowest BCUT2D eigenvalue weighted by atomic mass is 10.3. The molecule has 0 aliphatic heterocycles. The van der Waals surface area contributed by atoms with Crippen molar-refractivity contribution in [1.82, 2.24) is 24.6 Å². The third-order valence-corrected chi connectivity index (χ3v) is 3.64. The number of hydrogen-bond donors (Lipinski definition) is 1. The van der Waals surface area contributed by atoms with Crippen molar-refractivity contribution in [3.63, 3.8) is 0 Å². The second kappa shape index (κ2) is 6.60. The predicted octanol–water partition coefficient (Wildman–Crippen LogP) is 2.34. The van der Waals surface area contributed by atoms with Crippen LogP contribution in [0.3, 0.4) is 0 Å². The Hall–Kier alpha value is -2.70. The molecule has 0 saturated heterocycles. The zero-order chi connectivity index (χ0) is 16.2. The second-order valence-corrected chi connectivity index (χ2v) is 5.47. The molecule has 120 valence electrons. The Morgan fingerprint density at radius 1 is 1.43 bits per heavy atom. The number of halogens is 1. The summed E-state index contributed by atoms with van der Waals surface area (Å²) < 4.78 is 15.0. The van der Waals surface area contributed by atoms with Gasteiger partial charge in [-0.3, -0.25) is 9.48 Å². The Morgan fingerprint density at radius 3 is 3.09 bits per heavy atom. The van der Waals surface area contributed by atoms with Crippen LogP contribution < -0.4 is 0 Å². The number of aromatic nitrogens is 4. The van der Waals surface area contributed by atoms with E-state index < -0.39 is 0 Å². The van der Waals surface area contributed by atoms with Gasteiger partial charge in [0.2, 0.25) is 5.91 Å². The molecule has 6 nitrogen and oxygen atoms in total. The fraction of sp³-hybridized carbons (Fsp3) is 0.312. The quantitative estimate of drug-likeness (QED) is 0.759. The molecule has 0 aliphatic carbocycles. The first kappa shape index (κ1) is 15.2.